The highest BCUT2D eigenvalue weighted by Gasteiger charge is 2.09. The molecule has 0 radical (unpaired) electrons. The third-order valence-electron chi connectivity index (χ3n) is 2.25. The van der Waals surface area contributed by atoms with E-state index >= 15 is 0 Å². The number of nitrogens with one attached hydrogen (secondary N) is 2. The molecule has 1 unspecified atom stereocenters. The summed E-state index contributed by atoms with van der Waals surface area (Å²) in [7, 11) is 1.90. The molecule has 0 saturated carbocycles. The van der Waals surface area contributed by atoms with Gasteiger partial charge in [0.2, 0.25) is 0 Å². The maximum Gasteiger partial charge on any atom is 0.279 e. The number of likely N-dealkylation sites (N-methyl/N-ethyl adjacent to an activating group) is 1. The van der Waals surface area contributed by atoms with Gasteiger partial charge in [0.05, 0.1) is 26.1 Å². The minimum absolute atomic E-state index is 0.0391. The van der Waals surface area contributed by atoms with Crippen LogP contribution in [0.5, 0.6) is 0 Å². The summed E-state index contributed by atoms with van der Waals surface area (Å²) in [6.45, 7) is 1.06. The number of amides is 1. The lowest BCUT2D eigenvalue weighted by molar-refractivity contribution is -0.870. The Bertz CT molecular complexity index is 411. The number of anilines is 1. The first-order valence-corrected chi connectivity index (χ1v) is 6.15. The topological polar surface area (TPSA) is 57.3 Å². The molecule has 1 aromatic rings. The maximum atomic E-state index is 11.6. The third-order valence-corrected chi connectivity index (χ3v) is 2.78. The summed E-state index contributed by atoms with van der Waals surface area (Å²) >= 11 is 3.33. The van der Waals surface area contributed by atoms with Crippen LogP contribution in [0.2, 0.25) is 0 Å². The number of nitriles is 1. The Balaban J connectivity index is 2.39. The van der Waals surface area contributed by atoms with Gasteiger partial charge < -0.3 is 10.2 Å². The predicted molar refractivity (Wildman–Crippen MR) is 69.6 cm³/mol. The van der Waals surface area contributed by atoms with E-state index in [9.17, 15) is 4.79 Å². The maximum absolute atomic E-state index is 11.6. The summed E-state index contributed by atoms with van der Waals surface area (Å²) < 4.78 is 0.979. The standard InChI is InChI=1S/C12H14BrN3O/c1-16(8-2-7-14)9-12(17)15-11-5-3-10(13)4-6-11/h3-6H,2,8-9H2,1H3,(H,15,17)/p+1. The second-order valence-electron chi connectivity index (χ2n) is 3.85. The van der Waals surface area contributed by atoms with Crippen molar-refractivity contribution in [3.63, 3.8) is 0 Å². The van der Waals surface area contributed by atoms with Crippen LogP contribution in [0.3, 0.4) is 0 Å². The van der Waals surface area contributed by atoms with Crippen LogP contribution in [0.25, 0.3) is 0 Å². The van der Waals surface area contributed by atoms with Crippen molar-refractivity contribution in [2.75, 3.05) is 25.5 Å². The zero-order valence-electron chi connectivity index (χ0n) is 9.66. The van der Waals surface area contributed by atoms with Gasteiger partial charge in [0.25, 0.3) is 5.91 Å². The summed E-state index contributed by atoms with van der Waals surface area (Å²) in [6.07, 6.45) is 0.470. The normalized spacial score (nSPS) is 11.6. The summed E-state index contributed by atoms with van der Waals surface area (Å²) in [5.74, 6) is -0.0391. The van der Waals surface area contributed by atoms with Crippen LogP contribution < -0.4 is 10.2 Å². The van der Waals surface area contributed by atoms with Crippen molar-refractivity contribution in [3.05, 3.63) is 28.7 Å². The van der Waals surface area contributed by atoms with Gasteiger partial charge >= 0.3 is 0 Å². The van der Waals surface area contributed by atoms with Crippen LogP contribution in [0.15, 0.2) is 28.7 Å². The molecule has 0 saturated heterocycles. The summed E-state index contributed by atoms with van der Waals surface area (Å²) in [4.78, 5) is 12.7. The van der Waals surface area contributed by atoms with Crippen molar-refractivity contribution < 1.29 is 9.69 Å². The number of halogens is 1. The Morgan fingerprint density at radius 3 is 2.71 bits per heavy atom. The lowest BCUT2D eigenvalue weighted by atomic mass is 10.3. The smallest absolute Gasteiger partial charge is 0.279 e. The highest BCUT2D eigenvalue weighted by Crippen LogP contribution is 2.13. The lowest BCUT2D eigenvalue weighted by Gasteiger charge is -2.12. The van der Waals surface area contributed by atoms with Crippen LogP contribution >= 0.6 is 15.9 Å². The van der Waals surface area contributed by atoms with Gasteiger partial charge in [-0.2, -0.15) is 5.26 Å². The van der Waals surface area contributed by atoms with Gasteiger partial charge in [-0.05, 0) is 24.3 Å². The van der Waals surface area contributed by atoms with Crippen molar-refractivity contribution in [2.24, 2.45) is 0 Å². The molecule has 0 aliphatic rings. The van der Waals surface area contributed by atoms with Crippen molar-refractivity contribution in [2.45, 2.75) is 6.42 Å². The van der Waals surface area contributed by atoms with Gasteiger partial charge in [-0.15, -0.1) is 0 Å². The number of hydrogen-bond donors (Lipinski definition) is 2. The van der Waals surface area contributed by atoms with Crippen LogP contribution in [-0.4, -0.2) is 26.0 Å². The molecule has 0 aromatic heterocycles. The second kappa shape index (κ2) is 7.05. The van der Waals surface area contributed by atoms with Crippen molar-refractivity contribution in [1.29, 1.82) is 5.26 Å². The Kier molecular flexibility index (Phi) is 5.67. The molecule has 5 heteroatoms. The fraction of sp³-hybridized carbons (Fsp3) is 0.333. The van der Waals surface area contributed by atoms with E-state index in [-0.39, 0.29) is 5.91 Å². The number of quaternary nitrogens is 1. The number of rotatable bonds is 5. The molecule has 0 bridgehead atoms. The summed E-state index contributed by atoms with van der Waals surface area (Å²) in [5.41, 5.74) is 0.784. The zero-order chi connectivity index (χ0) is 12.7. The molecule has 1 atom stereocenters. The van der Waals surface area contributed by atoms with Gasteiger partial charge in [0.1, 0.15) is 0 Å². The largest absolute Gasteiger partial charge is 0.329 e. The van der Waals surface area contributed by atoms with Crippen LogP contribution in [0.4, 0.5) is 5.69 Å². The molecule has 0 aliphatic carbocycles. The first-order chi connectivity index (χ1) is 8.11. The van der Waals surface area contributed by atoms with Gasteiger partial charge in [-0.1, -0.05) is 15.9 Å². The molecule has 4 nitrogen and oxygen atoms in total. The highest BCUT2D eigenvalue weighted by atomic mass is 79.9. The van der Waals surface area contributed by atoms with E-state index < -0.39 is 0 Å². The minimum atomic E-state index is -0.0391. The first kappa shape index (κ1) is 13.7. The zero-order valence-corrected chi connectivity index (χ0v) is 11.3. The second-order valence-corrected chi connectivity index (χ2v) is 4.76. The van der Waals surface area contributed by atoms with E-state index in [1.807, 2.05) is 31.3 Å². The monoisotopic (exact) mass is 296 g/mol. The van der Waals surface area contributed by atoms with E-state index in [0.29, 0.717) is 19.5 Å². The van der Waals surface area contributed by atoms with Gasteiger partial charge in [0, 0.05) is 10.2 Å². The Morgan fingerprint density at radius 2 is 2.12 bits per heavy atom. The van der Waals surface area contributed by atoms with E-state index in [1.165, 1.54) is 0 Å². The van der Waals surface area contributed by atoms with E-state index in [0.717, 1.165) is 15.1 Å². The fourth-order valence-electron chi connectivity index (χ4n) is 1.37. The average molecular weight is 297 g/mol. The van der Waals surface area contributed by atoms with Crippen molar-refractivity contribution >= 4 is 27.5 Å². The van der Waals surface area contributed by atoms with E-state index in [2.05, 4.69) is 27.3 Å². The van der Waals surface area contributed by atoms with E-state index in [4.69, 9.17) is 5.26 Å². The molecule has 1 rings (SSSR count). The van der Waals surface area contributed by atoms with Crippen LogP contribution in [-0.2, 0) is 4.79 Å². The lowest BCUT2D eigenvalue weighted by Crippen LogP contribution is -3.10. The molecule has 1 amide bonds. The Hall–Kier alpha value is -1.38. The summed E-state index contributed by atoms with van der Waals surface area (Å²) in [5, 5.41) is 11.3. The van der Waals surface area contributed by atoms with E-state index in [1.54, 1.807) is 0 Å². The fourth-order valence-corrected chi connectivity index (χ4v) is 1.63. The predicted octanol–water partition coefficient (Wildman–Crippen LogP) is 0.816. The number of carbonyl (C=O) groups is 1. The molecule has 0 spiro atoms. The molecule has 0 aliphatic heterocycles. The number of hydrogen-bond acceptors (Lipinski definition) is 2. The quantitative estimate of drug-likeness (QED) is 0.845. The van der Waals surface area contributed by atoms with Gasteiger partial charge in [0.15, 0.2) is 6.54 Å². The number of benzene rings is 1. The average Bonchev–Trinajstić information content (AvgIpc) is 2.29. The highest BCUT2D eigenvalue weighted by molar-refractivity contribution is 9.10. The molecule has 90 valence electrons. The van der Waals surface area contributed by atoms with Crippen molar-refractivity contribution in [3.8, 4) is 6.07 Å². The van der Waals surface area contributed by atoms with Crippen LogP contribution in [0.1, 0.15) is 6.42 Å². The molecule has 2 N–H and O–H groups in total. The SMILES string of the molecule is C[NH+](CCC#N)CC(=O)Nc1ccc(Br)cc1. The molecule has 17 heavy (non-hydrogen) atoms. The summed E-state index contributed by atoms with van der Waals surface area (Å²) in [6, 6.07) is 9.50. The van der Waals surface area contributed by atoms with Crippen molar-refractivity contribution in [1.82, 2.24) is 0 Å². The molecular weight excluding hydrogens is 282 g/mol. The van der Waals surface area contributed by atoms with Crippen LogP contribution in [0, 0.1) is 11.3 Å². The molecule has 1 aromatic carbocycles. The third kappa shape index (κ3) is 5.48. The molecule has 0 fully saturated rings. The van der Waals surface area contributed by atoms with Gasteiger partial charge in [-0.25, -0.2) is 0 Å². The molecule has 0 heterocycles. The first-order valence-electron chi connectivity index (χ1n) is 5.35. The number of carbonyl (C=O) groups excluding carboxylic acids is 1. The Labute approximate surface area is 109 Å². The molecular formula is C12H15BrN3O+. The van der Waals surface area contributed by atoms with Gasteiger partial charge in [-0.3, -0.25) is 4.79 Å². The number of nitrogens with zero attached hydrogens (tertiary/aromatic N) is 1. The minimum Gasteiger partial charge on any atom is -0.329 e. The Morgan fingerprint density at radius 1 is 1.47 bits per heavy atom.